The number of carbonyl (C=O) groups is 1. The zero-order valence-electron chi connectivity index (χ0n) is 15.7. The summed E-state index contributed by atoms with van der Waals surface area (Å²) < 4.78 is 5.59. The Kier molecular flexibility index (Phi) is 4.89. The molecule has 0 aliphatic carbocycles. The summed E-state index contributed by atoms with van der Waals surface area (Å²) in [5.41, 5.74) is 2.25. The minimum Gasteiger partial charge on any atom is -0.443 e. The number of aryl methyl sites for hydroxylation is 1. The molecule has 142 valence electrons. The number of cyclic esters (lactones) is 1. The molecule has 2 aromatic rings. The number of likely N-dealkylation sites (tertiary alicyclic amines) is 1. The molecule has 5 nitrogen and oxygen atoms in total. The number of aliphatic hydroxyl groups is 1. The highest BCUT2D eigenvalue weighted by Gasteiger charge is 2.37. The first-order chi connectivity index (χ1) is 13.0. The van der Waals surface area contributed by atoms with Crippen LogP contribution in [-0.4, -0.2) is 48.4 Å². The van der Waals surface area contributed by atoms with Gasteiger partial charge in [-0.15, -0.1) is 0 Å². The molecule has 0 aromatic heterocycles. The van der Waals surface area contributed by atoms with Gasteiger partial charge in [-0.2, -0.15) is 0 Å². The van der Waals surface area contributed by atoms with Crippen molar-refractivity contribution < 1.29 is 14.6 Å². The van der Waals surface area contributed by atoms with Gasteiger partial charge in [0.2, 0.25) is 0 Å². The molecule has 2 fully saturated rings. The quantitative estimate of drug-likeness (QED) is 0.902. The monoisotopic (exact) mass is 366 g/mol. The van der Waals surface area contributed by atoms with Gasteiger partial charge in [0.15, 0.2) is 0 Å². The largest absolute Gasteiger partial charge is 0.443 e. The molecule has 2 saturated heterocycles. The minimum atomic E-state index is -0.752. The van der Waals surface area contributed by atoms with Crippen LogP contribution in [0.1, 0.15) is 24.0 Å². The molecule has 5 heteroatoms. The Morgan fingerprint density at radius 2 is 1.85 bits per heavy atom. The van der Waals surface area contributed by atoms with E-state index in [9.17, 15) is 9.90 Å². The van der Waals surface area contributed by atoms with Gasteiger partial charge in [0, 0.05) is 25.3 Å². The number of benzene rings is 2. The molecule has 2 aromatic carbocycles. The van der Waals surface area contributed by atoms with Gasteiger partial charge >= 0.3 is 6.09 Å². The number of amides is 1. The van der Waals surface area contributed by atoms with Gasteiger partial charge in [-0.05, 0) is 43.0 Å². The molecule has 0 bridgehead atoms. The molecule has 4 rings (SSSR count). The van der Waals surface area contributed by atoms with Crippen molar-refractivity contribution in [3.8, 4) is 0 Å². The third-order valence-electron chi connectivity index (χ3n) is 5.64. The molecule has 0 saturated carbocycles. The average molecular weight is 366 g/mol. The van der Waals surface area contributed by atoms with Crippen LogP contribution in [-0.2, 0) is 10.3 Å². The number of rotatable bonds is 4. The number of nitrogens with zero attached hydrogens (tertiary/aromatic N) is 2. The van der Waals surface area contributed by atoms with E-state index in [1.54, 1.807) is 4.90 Å². The van der Waals surface area contributed by atoms with E-state index in [2.05, 4.69) is 4.90 Å². The molecule has 2 aliphatic heterocycles. The Hall–Kier alpha value is -2.37. The maximum atomic E-state index is 12.3. The second-order valence-electron chi connectivity index (χ2n) is 7.65. The average Bonchev–Trinajstić information content (AvgIpc) is 3.05. The number of piperidine rings is 1. The Morgan fingerprint density at radius 3 is 2.56 bits per heavy atom. The van der Waals surface area contributed by atoms with Gasteiger partial charge in [0.25, 0.3) is 0 Å². The van der Waals surface area contributed by atoms with Crippen LogP contribution >= 0.6 is 0 Å². The summed E-state index contributed by atoms with van der Waals surface area (Å²) in [7, 11) is 0. The van der Waals surface area contributed by atoms with E-state index in [1.165, 1.54) is 0 Å². The van der Waals surface area contributed by atoms with E-state index < -0.39 is 5.60 Å². The number of hydrogen-bond donors (Lipinski definition) is 1. The van der Waals surface area contributed by atoms with Crippen molar-refractivity contribution in [2.45, 2.75) is 31.5 Å². The smallest absolute Gasteiger partial charge is 0.414 e. The number of carbonyl (C=O) groups excluding carboxylic acids is 1. The van der Waals surface area contributed by atoms with Crippen LogP contribution in [0.2, 0.25) is 0 Å². The predicted molar refractivity (Wildman–Crippen MR) is 105 cm³/mol. The molecular weight excluding hydrogens is 340 g/mol. The molecular formula is C22H26N2O3. The standard InChI is InChI=1S/C22H26N2O3/c1-17-6-5-9-19(14-17)24-16-20(27-21(24)25)15-23-12-10-22(26,11-13-23)18-7-3-2-4-8-18/h2-9,14,20,26H,10-13,15-16H2,1H3. The van der Waals surface area contributed by atoms with Crippen LogP contribution in [0.3, 0.4) is 0 Å². The molecule has 1 unspecified atom stereocenters. The zero-order chi connectivity index (χ0) is 18.9. The number of hydrogen-bond acceptors (Lipinski definition) is 4. The summed E-state index contributed by atoms with van der Waals surface area (Å²) in [6, 6.07) is 17.8. The summed E-state index contributed by atoms with van der Waals surface area (Å²) in [6.45, 7) is 4.89. The Morgan fingerprint density at radius 1 is 1.11 bits per heavy atom. The fourth-order valence-corrected chi connectivity index (χ4v) is 4.05. The lowest BCUT2D eigenvalue weighted by Crippen LogP contribution is -2.45. The Balaban J connectivity index is 1.34. The number of ether oxygens (including phenoxy) is 1. The Labute approximate surface area is 160 Å². The molecule has 1 N–H and O–H groups in total. The second-order valence-corrected chi connectivity index (χ2v) is 7.65. The highest BCUT2D eigenvalue weighted by Crippen LogP contribution is 2.33. The fourth-order valence-electron chi connectivity index (χ4n) is 4.05. The lowest BCUT2D eigenvalue weighted by molar-refractivity contribution is -0.0325. The summed E-state index contributed by atoms with van der Waals surface area (Å²) in [5.74, 6) is 0. The lowest BCUT2D eigenvalue weighted by Gasteiger charge is -2.39. The molecule has 1 amide bonds. The maximum absolute atomic E-state index is 12.3. The predicted octanol–water partition coefficient (Wildman–Crippen LogP) is 3.30. The number of anilines is 1. The van der Waals surface area contributed by atoms with Gasteiger partial charge in [-0.3, -0.25) is 9.80 Å². The normalized spacial score (nSPS) is 22.7. The third kappa shape index (κ3) is 3.84. The van der Waals surface area contributed by atoms with Crippen molar-refractivity contribution in [1.29, 1.82) is 0 Å². The van der Waals surface area contributed by atoms with E-state index >= 15 is 0 Å². The molecule has 0 spiro atoms. The summed E-state index contributed by atoms with van der Waals surface area (Å²) in [4.78, 5) is 16.3. The first-order valence-corrected chi connectivity index (χ1v) is 9.59. The molecule has 2 heterocycles. The van der Waals surface area contributed by atoms with E-state index in [1.807, 2.05) is 61.5 Å². The first-order valence-electron chi connectivity index (χ1n) is 9.59. The Bertz CT molecular complexity index is 800. The van der Waals surface area contributed by atoms with E-state index in [-0.39, 0.29) is 12.2 Å². The van der Waals surface area contributed by atoms with Crippen molar-refractivity contribution in [1.82, 2.24) is 4.90 Å². The molecule has 2 aliphatic rings. The van der Waals surface area contributed by atoms with E-state index in [0.717, 1.165) is 29.9 Å². The highest BCUT2D eigenvalue weighted by molar-refractivity contribution is 5.89. The first kappa shape index (κ1) is 18.0. The topological polar surface area (TPSA) is 53.0 Å². The van der Waals surface area contributed by atoms with Crippen molar-refractivity contribution in [3.63, 3.8) is 0 Å². The van der Waals surface area contributed by atoms with Crippen molar-refractivity contribution in [3.05, 3.63) is 65.7 Å². The highest BCUT2D eigenvalue weighted by atomic mass is 16.6. The van der Waals surface area contributed by atoms with Crippen molar-refractivity contribution >= 4 is 11.8 Å². The molecule has 27 heavy (non-hydrogen) atoms. The lowest BCUT2D eigenvalue weighted by atomic mass is 9.84. The van der Waals surface area contributed by atoms with Crippen LogP contribution in [0.25, 0.3) is 0 Å². The van der Waals surface area contributed by atoms with Gasteiger partial charge in [-0.25, -0.2) is 4.79 Å². The van der Waals surface area contributed by atoms with Crippen LogP contribution in [0.15, 0.2) is 54.6 Å². The third-order valence-corrected chi connectivity index (χ3v) is 5.64. The van der Waals surface area contributed by atoms with Crippen LogP contribution in [0.4, 0.5) is 10.5 Å². The van der Waals surface area contributed by atoms with Gasteiger partial charge < -0.3 is 9.84 Å². The molecule has 0 radical (unpaired) electrons. The van der Waals surface area contributed by atoms with Gasteiger partial charge in [0.05, 0.1) is 12.1 Å². The van der Waals surface area contributed by atoms with Crippen LogP contribution in [0, 0.1) is 6.92 Å². The second kappa shape index (κ2) is 7.33. The van der Waals surface area contributed by atoms with Crippen molar-refractivity contribution in [2.75, 3.05) is 31.1 Å². The summed E-state index contributed by atoms with van der Waals surface area (Å²) in [5, 5.41) is 11.0. The van der Waals surface area contributed by atoms with Crippen molar-refractivity contribution in [2.24, 2.45) is 0 Å². The van der Waals surface area contributed by atoms with Gasteiger partial charge in [0.1, 0.15) is 6.10 Å². The van der Waals surface area contributed by atoms with Crippen LogP contribution in [0.5, 0.6) is 0 Å². The van der Waals surface area contributed by atoms with Crippen LogP contribution < -0.4 is 4.90 Å². The van der Waals surface area contributed by atoms with E-state index in [0.29, 0.717) is 25.9 Å². The minimum absolute atomic E-state index is 0.138. The van der Waals surface area contributed by atoms with E-state index in [4.69, 9.17) is 4.74 Å². The summed E-state index contributed by atoms with van der Waals surface area (Å²) in [6.07, 6.45) is 0.975. The zero-order valence-corrected chi connectivity index (χ0v) is 15.7. The summed E-state index contributed by atoms with van der Waals surface area (Å²) >= 11 is 0. The maximum Gasteiger partial charge on any atom is 0.414 e. The SMILES string of the molecule is Cc1cccc(N2CC(CN3CCC(O)(c4ccccc4)CC3)OC2=O)c1. The fraction of sp³-hybridized carbons (Fsp3) is 0.409. The molecule has 1 atom stereocenters. The van der Waals surface area contributed by atoms with Gasteiger partial charge in [-0.1, -0.05) is 42.5 Å².